The lowest BCUT2D eigenvalue weighted by atomic mass is 9.98. The van der Waals surface area contributed by atoms with Gasteiger partial charge in [-0.2, -0.15) is 0 Å². The zero-order valence-corrected chi connectivity index (χ0v) is 11.7. The van der Waals surface area contributed by atoms with Crippen molar-refractivity contribution in [1.29, 1.82) is 0 Å². The molecule has 19 heavy (non-hydrogen) atoms. The van der Waals surface area contributed by atoms with Crippen molar-refractivity contribution in [3.05, 3.63) is 69.9 Å². The molecule has 2 atom stereocenters. The summed E-state index contributed by atoms with van der Waals surface area (Å²) in [7, 11) is 0. The number of aliphatic hydroxyl groups excluding tert-OH is 2. The first kappa shape index (κ1) is 14.2. The molecule has 0 fully saturated rings. The monoisotopic (exact) mass is 324 g/mol. The zero-order chi connectivity index (χ0) is 13.8. The van der Waals surface area contributed by atoms with E-state index in [9.17, 15) is 14.6 Å². The Hall–Kier alpha value is -1.23. The summed E-state index contributed by atoms with van der Waals surface area (Å²) in [6.45, 7) is 0. The summed E-state index contributed by atoms with van der Waals surface area (Å²) in [6.07, 6.45) is -1.77. The van der Waals surface area contributed by atoms with Gasteiger partial charge in [0.2, 0.25) is 0 Å². The van der Waals surface area contributed by atoms with Gasteiger partial charge in [0.1, 0.15) is 11.9 Å². The van der Waals surface area contributed by atoms with Crippen LogP contribution in [0.5, 0.6) is 0 Å². The highest BCUT2D eigenvalue weighted by atomic mass is 79.9. The first-order chi connectivity index (χ1) is 9.06. The number of benzene rings is 2. The van der Waals surface area contributed by atoms with Gasteiger partial charge in [-0.05, 0) is 29.3 Å². The lowest BCUT2D eigenvalue weighted by Gasteiger charge is -2.18. The van der Waals surface area contributed by atoms with E-state index in [1.165, 1.54) is 12.1 Å². The van der Waals surface area contributed by atoms with Gasteiger partial charge in [0.25, 0.3) is 0 Å². The Kier molecular flexibility index (Phi) is 4.69. The molecule has 0 aliphatic rings. The van der Waals surface area contributed by atoms with Gasteiger partial charge in [-0.1, -0.05) is 46.3 Å². The van der Waals surface area contributed by atoms with Crippen molar-refractivity contribution in [2.75, 3.05) is 0 Å². The van der Waals surface area contributed by atoms with E-state index >= 15 is 0 Å². The van der Waals surface area contributed by atoms with E-state index in [1.54, 1.807) is 30.3 Å². The zero-order valence-electron chi connectivity index (χ0n) is 10.1. The van der Waals surface area contributed by atoms with E-state index in [-0.39, 0.29) is 12.2 Å². The van der Waals surface area contributed by atoms with Crippen LogP contribution >= 0.6 is 15.9 Å². The van der Waals surface area contributed by atoms with Crippen molar-refractivity contribution in [3.8, 4) is 0 Å². The number of hydrogen-bond acceptors (Lipinski definition) is 2. The molecule has 0 heterocycles. The fourth-order valence-electron chi connectivity index (χ4n) is 1.95. The third kappa shape index (κ3) is 3.86. The van der Waals surface area contributed by atoms with Crippen LogP contribution in [-0.4, -0.2) is 16.3 Å². The molecule has 0 aromatic heterocycles. The van der Waals surface area contributed by atoms with E-state index in [2.05, 4.69) is 15.9 Å². The maximum absolute atomic E-state index is 13.2. The number of halogens is 2. The molecule has 100 valence electrons. The molecule has 2 aromatic carbocycles. The lowest BCUT2D eigenvalue weighted by molar-refractivity contribution is 0.0189. The van der Waals surface area contributed by atoms with E-state index in [0.29, 0.717) is 15.6 Å². The van der Waals surface area contributed by atoms with Crippen molar-refractivity contribution in [2.45, 2.75) is 18.6 Å². The molecule has 0 aliphatic heterocycles. The normalized spacial score (nSPS) is 14.1. The van der Waals surface area contributed by atoms with Crippen LogP contribution in [-0.2, 0) is 6.42 Å². The number of hydrogen-bond donors (Lipinski definition) is 2. The summed E-state index contributed by atoms with van der Waals surface area (Å²) in [4.78, 5) is 0. The third-order valence-corrected chi connectivity index (χ3v) is 3.33. The second kappa shape index (κ2) is 6.28. The van der Waals surface area contributed by atoms with Crippen molar-refractivity contribution < 1.29 is 14.6 Å². The molecule has 0 radical (unpaired) electrons. The van der Waals surface area contributed by atoms with Gasteiger partial charge in [0.15, 0.2) is 0 Å². The largest absolute Gasteiger partial charge is 0.390 e. The van der Waals surface area contributed by atoms with E-state index in [1.807, 2.05) is 6.07 Å². The smallest absolute Gasteiger partial charge is 0.124 e. The molecule has 4 heteroatoms. The minimum absolute atomic E-state index is 0.187. The highest BCUT2D eigenvalue weighted by Crippen LogP contribution is 2.22. The van der Waals surface area contributed by atoms with E-state index in [0.717, 1.165) is 0 Å². The Morgan fingerprint density at radius 3 is 2.37 bits per heavy atom. The van der Waals surface area contributed by atoms with Gasteiger partial charge in [0.05, 0.1) is 6.10 Å². The van der Waals surface area contributed by atoms with Crippen molar-refractivity contribution >= 4 is 15.9 Å². The van der Waals surface area contributed by atoms with Gasteiger partial charge in [-0.25, -0.2) is 4.39 Å². The first-order valence-electron chi connectivity index (χ1n) is 5.92. The van der Waals surface area contributed by atoms with Gasteiger partial charge >= 0.3 is 0 Å². The predicted molar refractivity (Wildman–Crippen MR) is 75.2 cm³/mol. The second-order valence-corrected chi connectivity index (χ2v) is 5.32. The Morgan fingerprint density at radius 2 is 1.74 bits per heavy atom. The summed E-state index contributed by atoms with van der Waals surface area (Å²) in [5.41, 5.74) is 1.28. The van der Waals surface area contributed by atoms with Crippen LogP contribution in [0.4, 0.5) is 4.39 Å². The predicted octanol–water partition coefficient (Wildman–Crippen LogP) is 3.23. The molecule has 2 N–H and O–H groups in total. The van der Waals surface area contributed by atoms with Crippen LogP contribution in [0.2, 0.25) is 0 Å². The fourth-order valence-corrected chi connectivity index (χ4v) is 2.47. The Labute approximate surface area is 119 Å². The molecule has 2 aromatic rings. The molecule has 0 aliphatic carbocycles. The lowest BCUT2D eigenvalue weighted by Crippen LogP contribution is -2.20. The van der Waals surface area contributed by atoms with Crippen LogP contribution in [0.15, 0.2) is 53.0 Å². The quantitative estimate of drug-likeness (QED) is 0.906. The van der Waals surface area contributed by atoms with Gasteiger partial charge < -0.3 is 10.2 Å². The summed E-state index contributed by atoms with van der Waals surface area (Å²) in [5.74, 6) is -0.370. The molecule has 2 unspecified atom stereocenters. The van der Waals surface area contributed by atoms with Crippen LogP contribution in [0.1, 0.15) is 17.2 Å². The summed E-state index contributed by atoms with van der Waals surface area (Å²) < 4.78 is 13.8. The van der Waals surface area contributed by atoms with Gasteiger partial charge in [-0.15, -0.1) is 0 Å². The molecule has 0 spiro atoms. The van der Waals surface area contributed by atoms with Crippen LogP contribution < -0.4 is 0 Å². The summed E-state index contributed by atoms with van der Waals surface area (Å²) in [6, 6.07) is 13.4. The molecule has 2 rings (SSSR count). The second-order valence-electron chi connectivity index (χ2n) is 4.40. The van der Waals surface area contributed by atoms with Gasteiger partial charge in [-0.3, -0.25) is 0 Å². The fraction of sp³-hybridized carbons (Fsp3) is 0.200. The van der Waals surface area contributed by atoms with Crippen molar-refractivity contribution in [2.24, 2.45) is 0 Å². The van der Waals surface area contributed by atoms with Crippen LogP contribution in [0.3, 0.4) is 0 Å². The average molecular weight is 325 g/mol. The summed E-state index contributed by atoms with van der Waals surface area (Å²) in [5, 5.41) is 20.1. The highest BCUT2D eigenvalue weighted by Gasteiger charge is 2.18. The maximum Gasteiger partial charge on any atom is 0.124 e. The standard InChI is InChI=1S/C15H14BrFO2/c16-12-6-10(7-13(17)9-12)8-14(18)15(19)11-4-2-1-3-5-11/h1-7,9,14-15,18-19H,8H2. The minimum atomic E-state index is -0.983. The number of rotatable bonds is 4. The van der Waals surface area contributed by atoms with E-state index in [4.69, 9.17) is 0 Å². The Balaban J connectivity index is 2.10. The van der Waals surface area contributed by atoms with Crippen LogP contribution in [0.25, 0.3) is 0 Å². The molecule has 0 amide bonds. The highest BCUT2D eigenvalue weighted by molar-refractivity contribution is 9.10. The molecule has 0 bridgehead atoms. The SMILES string of the molecule is OC(Cc1cc(F)cc(Br)c1)C(O)c1ccccc1. The Bertz CT molecular complexity index is 525. The van der Waals surface area contributed by atoms with Crippen LogP contribution in [0, 0.1) is 5.82 Å². The molecule has 0 saturated heterocycles. The molecular weight excluding hydrogens is 311 g/mol. The van der Waals surface area contributed by atoms with Crippen molar-refractivity contribution in [1.82, 2.24) is 0 Å². The Morgan fingerprint density at radius 1 is 1.05 bits per heavy atom. The molecule has 2 nitrogen and oxygen atoms in total. The average Bonchev–Trinajstić information content (AvgIpc) is 2.37. The summed E-state index contributed by atoms with van der Waals surface area (Å²) >= 11 is 3.20. The molecular formula is C15H14BrFO2. The van der Waals surface area contributed by atoms with E-state index < -0.39 is 12.2 Å². The third-order valence-electron chi connectivity index (χ3n) is 2.87. The maximum atomic E-state index is 13.2. The number of aliphatic hydroxyl groups is 2. The first-order valence-corrected chi connectivity index (χ1v) is 6.71. The topological polar surface area (TPSA) is 40.5 Å². The minimum Gasteiger partial charge on any atom is -0.390 e. The van der Waals surface area contributed by atoms with Gasteiger partial charge in [0, 0.05) is 10.9 Å². The molecule has 0 saturated carbocycles. The van der Waals surface area contributed by atoms with Crippen molar-refractivity contribution in [3.63, 3.8) is 0 Å².